The van der Waals surface area contributed by atoms with Crippen molar-refractivity contribution in [2.24, 2.45) is 0 Å². The molecule has 1 N–H and O–H groups in total. The molecule has 0 aliphatic carbocycles. The second-order valence-corrected chi connectivity index (χ2v) is 5.03. The third-order valence-corrected chi connectivity index (χ3v) is 3.08. The van der Waals surface area contributed by atoms with Crippen molar-refractivity contribution in [3.63, 3.8) is 0 Å². The smallest absolute Gasteiger partial charge is 0.146 e. The van der Waals surface area contributed by atoms with Gasteiger partial charge in [-0.25, -0.2) is 0 Å². The fraction of sp³-hybridized carbons (Fsp3) is 0.600. The molecule has 0 radical (unpaired) electrons. The van der Waals surface area contributed by atoms with Crippen molar-refractivity contribution in [2.75, 3.05) is 39.3 Å². The molecule has 0 aliphatic rings. The van der Waals surface area contributed by atoms with Crippen molar-refractivity contribution >= 4 is 5.69 Å². The number of rotatable bonds is 7. The van der Waals surface area contributed by atoms with E-state index in [1.165, 1.54) is 0 Å². The van der Waals surface area contributed by atoms with E-state index < -0.39 is 0 Å². The van der Waals surface area contributed by atoms with Gasteiger partial charge in [-0.1, -0.05) is 13.8 Å². The number of hydrogen-bond donors (Lipinski definition) is 1. The van der Waals surface area contributed by atoms with Crippen LogP contribution in [0.5, 0.6) is 11.5 Å². The second-order valence-electron chi connectivity index (χ2n) is 5.03. The maximum Gasteiger partial charge on any atom is 0.146 e. The van der Waals surface area contributed by atoms with E-state index in [4.69, 9.17) is 9.47 Å². The third-order valence-electron chi connectivity index (χ3n) is 3.08. The molecule has 0 amide bonds. The van der Waals surface area contributed by atoms with E-state index in [9.17, 15) is 0 Å². The molecule has 0 bridgehead atoms. The summed E-state index contributed by atoms with van der Waals surface area (Å²) >= 11 is 0. The van der Waals surface area contributed by atoms with E-state index in [0.717, 1.165) is 35.8 Å². The summed E-state index contributed by atoms with van der Waals surface area (Å²) in [6.07, 6.45) is 0. The number of hydrogen-bond acceptors (Lipinski definition) is 4. The lowest BCUT2D eigenvalue weighted by Gasteiger charge is -2.25. The highest BCUT2D eigenvalue weighted by Gasteiger charge is 2.13. The van der Waals surface area contributed by atoms with Gasteiger partial charge in [0, 0.05) is 32.2 Å². The van der Waals surface area contributed by atoms with Crippen molar-refractivity contribution in [2.45, 2.75) is 26.8 Å². The summed E-state index contributed by atoms with van der Waals surface area (Å²) in [5, 5.41) is 3.42. The second kappa shape index (κ2) is 7.24. The summed E-state index contributed by atoms with van der Waals surface area (Å²) < 4.78 is 10.7. The Morgan fingerprint density at radius 1 is 1.21 bits per heavy atom. The first-order valence-electron chi connectivity index (χ1n) is 6.66. The maximum absolute atomic E-state index is 5.48. The molecule has 1 aromatic carbocycles. The SMILES string of the molecule is COc1cc(C)c(N(C)CCNC(C)C)c(OC)c1. The molecule has 0 aliphatic heterocycles. The summed E-state index contributed by atoms with van der Waals surface area (Å²) in [7, 11) is 5.45. The molecule has 1 rings (SSSR count). The van der Waals surface area contributed by atoms with Gasteiger partial charge in [0.1, 0.15) is 11.5 Å². The molecule has 0 saturated carbocycles. The van der Waals surface area contributed by atoms with Gasteiger partial charge in [0.25, 0.3) is 0 Å². The zero-order chi connectivity index (χ0) is 14.4. The van der Waals surface area contributed by atoms with Crippen molar-refractivity contribution < 1.29 is 9.47 Å². The Morgan fingerprint density at radius 3 is 2.42 bits per heavy atom. The third kappa shape index (κ3) is 4.31. The van der Waals surface area contributed by atoms with Gasteiger partial charge in [0.05, 0.1) is 19.9 Å². The Morgan fingerprint density at radius 2 is 1.89 bits per heavy atom. The number of nitrogens with one attached hydrogen (secondary N) is 1. The Labute approximate surface area is 116 Å². The number of aryl methyl sites for hydroxylation is 1. The first-order valence-corrected chi connectivity index (χ1v) is 6.66. The van der Waals surface area contributed by atoms with Gasteiger partial charge in [0.15, 0.2) is 0 Å². The minimum absolute atomic E-state index is 0.507. The molecule has 0 saturated heterocycles. The van der Waals surface area contributed by atoms with E-state index in [2.05, 4.69) is 38.0 Å². The van der Waals surface area contributed by atoms with Crippen LogP contribution in [0.4, 0.5) is 5.69 Å². The summed E-state index contributed by atoms with van der Waals surface area (Å²) in [5.74, 6) is 1.68. The van der Waals surface area contributed by atoms with Crippen LogP contribution in [-0.4, -0.2) is 40.4 Å². The summed E-state index contributed by atoms with van der Waals surface area (Å²) in [6, 6.07) is 4.46. The van der Waals surface area contributed by atoms with E-state index in [-0.39, 0.29) is 0 Å². The van der Waals surface area contributed by atoms with Crippen LogP contribution < -0.4 is 19.7 Å². The van der Waals surface area contributed by atoms with Crippen molar-refractivity contribution in [1.82, 2.24) is 5.32 Å². The molecule has 1 aromatic rings. The van der Waals surface area contributed by atoms with Crippen molar-refractivity contribution in [1.29, 1.82) is 0 Å². The first-order chi connectivity index (χ1) is 8.99. The van der Waals surface area contributed by atoms with Gasteiger partial charge >= 0.3 is 0 Å². The van der Waals surface area contributed by atoms with E-state index in [1.807, 2.05) is 12.1 Å². The van der Waals surface area contributed by atoms with Gasteiger partial charge in [-0.15, -0.1) is 0 Å². The molecule has 0 unspecified atom stereocenters. The number of ether oxygens (including phenoxy) is 2. The number of nitrogens with zero attached hydrogens (tertiary/aromatic N) is 1. The average Bonchev–Trinajstić information content (AvgIpc) is 2.36. The monoisotopic (exact) mass is 266 g/mol. The predicted molar refractivity (Wildman–Crippen MR) is 80.7 cm³/mol. The minimum atomic E-state index is 0.507. The Balaban J connectivity index is 2.86. The zero-order valence-electron chi connectivity index (χ0n) is 12.9. The van der Waals surface area contributed by atoms with Crippen LogP contribution in [0.3, 0.4) is 0 Å². The molecule has 108 valence electrons. The van der Waals surface area contributed by atoms with Gasteiger partial charge in [-0.3, -0.25) is 0 Å². The minimum Gasteiger partial charge on any atom is -0.497 e. The quantitative estimate of drug-likeness (QED) is 0.822. The molecular weight excluding hydrogens is 240 g/mol. The lowest BCUT2D eigenvalue weighted by Crippen LogP contribution is -2.33. The summed E-state index contributed by atoms with van der Waals surface area (Å²) in [5.41, 5.74) is 2.28. The Hall–Kier alpha value is -1.42. The van der Waals surface area contributed by atoms with Gasteiger partial charge < -0.3 is 19.7 Å². The highest BCUT2D eigenvalue weighted by atomic mass is 16.5. The molecule has 0 atom stereocenters. The fourth-order valence-electron chi connectivity index (χ4n) is 2.11. The number of benzene rings is 1. The van der Waals surface area contributed by atoms with Gasteiger partial charge in [-0.2, -0.15) is 0 Å². The Bertz CT molecular complexity index is 405. The van der Waals surface area contributed by atoms with Crippen molar-refractivity contribution in [3.8, 4) is 11.5 Å². The standard InChI is InChI=1S/C15H26N2O2/c1-11(2)16-7-8-17(4)15-12(3)9-13(18-5)10-14(15)19-6/h9-11,16H,7-8H2,1-6H3. The topological polar surface area (TPSA) is 33.7 Å². The predicted octanol–water partition coefficient (Wildman–Crippen LogP) is 2.45. The van der Waals surface area contributed by atoms with Crippen molar-refractivity contribution in [3.05, 3.63) is 17.7 Å². The van der Waals surface area contributed by atoms with E-state index in [0.29, 0.717) is 6.04 Å². The molecule has 0 fully saturated rings. The van der Waals surface area contributed by atoms with Crippen LogP contribution in [-0.2, 0) is 0 Å². The fourth-order valence-corrected chi connectivity index (χ4v) is 2.11. The van der Waals surface area contributed by atoms with E-state index >= 15 is 0 Å². The summed E-state index contributed by atoms with van der Waals surface area (Å²) in [6.45, 7) is 8.26. The van der Waals surface area contributed by atoms with Crippen LogP contribution in [0.25, 0.3) is 0 Å². The molecular formula is C15H26N2O2. The largest absolute Gasteiger partial charge is 0.497 e. The highest BCUT2D eigenvalue weighted by molar-refractivity contribution is 5.65. The molecule has 0 aromatic heterocycles. The van der Waals surface area contributed by atoms with Gasteiger partial charge in [-0.05, 0) is 18.6 Å². The van der Waals surface area contributed by atoms with Crippen LogP contribution >= 0.6 is 0 Å². The highest BCUT2D eigenvalue weighted by Crippen LogP contribution is 2.35. The van der Waals surface area contributed by atoms with Crippen LogP contribution in [0.15, 0.2) is 12.1 Å². The maximum atomic E-state index is 5.48. The lowest BCUT2D eigenvalue weighted by atomic mass is 10.1. The molecule has 0 heterocycles. The van der Waals surface area contributed by atoms with Crippen LogP contribution in [0.2, 0.25) is 0 Å². The number of anilines is 1. The van der Waals surface area contributed by atoms with Crippen LogP contribution in [0, 0.1) is 6.92 Å². The zero-order valence-corrected chi connectivity index (χ0v) is 12.9. The normalized spacial score (nSPS) is 10.7. The van der Waals surface area contributed by atoms with E-state index in [1.54, 1.807) is 14.2 Å². The Kier molecular flexibility index (Phi) is 5.96. The number of methoxy groups -OCH3 is 2. The molecule has 4 heteroatoms. The first kappa shape index (κ1) is 15.6. The number of likely N-dealkylation sites (N-methyl/N-ethyl adjacent to an activating group) is 1. The molecule has 19 heavy (non-hydrogen) atoms. The van der Waals surface area contributed by atoms with Crippen LogP contribution in [0.1, 0.15) is 19.4 Å². The molecule has 4 nitrogen and oxygen atoms in total. The average molecular weight is 266 g/mol. The lowest BCUT2D eigenvalue weighted by molar-refractivity contribution is 0.394. The van der Waals surface area contributed by atoms with Gasteiger partial charge in [0.2, 0.25) is 0 Å². The molecule has 0 spiro atoms. The summed E-state index contributed by atoms with van der Waals surface area (Å²) in [4.78, 5) is 2.21.